The number of carbonyl (C=O) groups is 2. The summed E-state index contributed by atoms with van der Waals surface area (Å²) in [6, 6.07) is 9.50. The molecule has 0 radical (unpaired) electrons. The highest BCUT2D eigenvalue weighted by molar-refractivity contribution is 7.99. The van der Waals surface area contributed by atoms with Crippen LogP contribution in [0.5, 0.6) is 0 Å². The van der Waals surface area contributed by atoms with Crippen molar-refractivity contribution in [2.45, 2.75) is 16.7 Å². The summed E-state index contributed by atoms with van der Waals surface area (Å²) in [5.41, 5.74) is 1.04. The Kier molecular flexibility index (Phi) is 5.13. The third kappa shape index (κ3) is 3.57. The minimum Gasteiger partial charge on any atom is -0.465 e. The summed E-state index contributed by atoms with van der Waals surface area (Å²) < 4.78 is 4.72. The number of nitrogens with zero attached hydrogens (tertiary/aromatic N) is 1. The number of hydrogen-bond acceptors (Lipinski definition) is 6. The molecule has 0 heterocycles. The van der Waals surface area contributed by atoms with Crippen LogP contribution in [0.25, 0.3) is 0 Å². The molecule has 2 aromatic carbocycles. The number of carbonyl (C=O) groups excluding carboxylic acids is 2. The molecule has 2 rings (SSSR count). The van der Waals surface area contributed by atoms with Crippen molar-refractivity contribution in [3.8, 4) is 0 Å². The summed E-state index contributed by atoms with van der Waals surface area (Å²) in [6.07, 6.45) is 0.583. The fourth-order valence-electron chi connectivity index (χ4n) is 1.99. The first kappa shape index (κ1) is 16.7. The first-order valence-corrected chi connectivity index (χ1v) is 7.39. The number of benzene rings is 2. The molecule has 0 saturated heterocycles. The van der Waals surface area contributed by atoms with Crippen LogP contribution >= 0.6 is 11.8 Å². The highest BCUT2D eigenvalue weighted by atomic mass is 32.2. The van der Waals surface area contributed by atoms with Gasteiger partial charge in [0.15, 0.2) is 6.29 Å². The Balaban J connectivity index is 2.53. The average Bonchev–Trinajstić information content (AvgIpc) is 2.54. The van der Waals surface area contributed by atoms with E-state index in [0.29, 0.717) is 27.2 Å². The Morgan fingerprint density at radius 2 is 1.96 bits per heavy atom. The summed E-state index contributed by atoms with van der Waals surface area (Å²) in [7, 11) is 1.27. The van der Waals surface area contributed by atoms with E-state index in [9.17, 15) is 19.7 Å². The molecule has 0 aliphatic heterocycles. The van der Waals surface area contributed by atoms with Crippen LogP contribution < -0.4 is 0 Å². The second-order valence-corrected chi connectivity index (χ2v) is 5.73. The van der Waals surface area contributed by atoms with Gasteiger partial charge in [0, 0.05) is 16.5 Å². The van der Waals surface area contributed by atoms with Gasteiger partial charge in [-0.25, -0.2) is 4.79 Å². The topological polar surface area (TPSA) is 86.5 Å². The molecule has 118 valence electrons. The Hall–Kier alpha value is -2.67. The Morgan fingerprint density at radius 3 is 2.57 bits per heavy atom. The second kappa shape index (κ2) is 7.06. The predicted molar refractivity (Wildman–Crippen MR) is 85.1 cm³/mol. The average molecular weight is 331 g/mol. The predicted octanol–water partition coefficient (Wildman–Crippen LogP) is 3.65. The minimum atomic E-state index is -0.546. The summed E-state index contributed by atoms with van der Waals surface area (Å²) in [6.45, 7) is 1.70. The van der Waals surface area contributed by atoms with Gasteiger partial charge in [-0.1, -0.05) is 23.9 Å². The van der Waals surface area contributed by atoms with E-state index < -0.39 is 10.9 Å². The number of methoxy groups -OCH3 is 1. The molecule has 0 N–H and O–H groups in total. The smallest absolute Gasteiger partial charge is 0.339 e. The van der Waals surface area contributed by atoms with Gasteiger partial charge in [0.2, 0.25) is 0 Å². The van der Waals surface area contributed by atoms with E-state index in [2.05, 4.69) is 0 Å². The lowest BCUT2D eigenvalue weighted by Gasteiger charge is -2.09. The largest absolute Gasteiger partial charge is 0.465 e. The van der Waals surface area contributed by atoms with Crippen molar-refractivity contribution in [1.29, 1.82) is 0 Å². The maximum atomic E-state index is 11.8. The van der Waals surface area contributed by atoms with Gasteiger partial charge in [-0.15, -0.1) is 0 Å². The van der Waals surface area contributed by atoms with Crippen LogP contribution in [0.3, 0.4) is 0 Å². The van der Waals surface area contributed by atoms with Gasteiger partial charge in [0.25, 0.3) is 5.69 Å². The normalized spacial score (nSPS) is 10.2. The zero-order valence-electron chi connectivity index (χ0n) is 12.4. The van der Waals surface area contributed by atoms with Crippen LogP contribution in [0.1, 0.15) is 26.3 Å². The number of ether oxygens (including phenoxy) is 1. The molecule has 0 aliphatic carbocycles. The molecule has 0 unspecified atom stereocenters. The highest BCUT2D eigenvalue weighted by Gasteiger charge is 2.20. The molecule has 0 aliphatic rings. The van der Waals surface area contributed by atoms with Crippen LogP contribution in [0.2, 0.25) is 0 Å². The highest BCUT2D eigenvalue weighted by Crippen LogP contribution is 2.38. The van der Waals surface area contributed by atoms with Crippen molar-refractivity contribution in [2.24, 2.45) is 0 Å². The molecular formula is C16H13NO5S. The van der Waals surface area contributed by atoms with Gasteiger partial charge in [0.1, 0.15) is 0 Å². The Bertz CT molecular complexity index is 788. The third-order valence-electron chi connectivity index (χ3n) is 3.18. The number of hydrogen-bond donors (Lipinski definition) is 0. The van der Waals surface area contributed by atoms with E-state index in [-0.39, 0.29) is 11.3 Å². The van der Waals surface area contributed by atoms with Gasteiger partial charge in [-0.3, -0.25) is 14.9 Å². The molecule has 0 saturated carbocycles. The standard InChI is InChI=1S/C16H13NO5S/c1-10-7-15(13(17(20)21)8-11(10)9-18)23-14-6-4-3-5-12(14)16(19)22-2/h3-9H,1-2H3. The summed E-state index contributed by atoms with van der Waals surface area (Å²) in [5, 5.41) is 11.3. The third-order valence-corrected chi connectivity index (χ3v) is 4.31. The fraction of sp³-hybridized carbons (Fsp3) is 0.125. The van der Waals surface area contributed by atoms with Crippen LogP contribution in [0, 0.1) is 17.0 Å². The number of aryl methyl sites for hydroxylation is 1. The molecule has 6 nitrogen and oxygen atoms in total. The van der Waals surface area contributed by atoms with Crippen LogP contribution in [0.15, 0.2) is 46.2 Å². The Morgan fingerprint density at radius 1 is 1.26 bits per heavy atom. The van der Waals surface area contributed by atoms with Gasteiger partial charge < -0.3 is 4.74 Å². The van der Waals surface area contributed by atoms with Crippen LogP contribution in [-0.4, -0.2) is 24.3 Å². The molecule has 7 heteroatoms. The zero-order chi connectivity index (χ0) is 17.0. The van der Waals surface area contributed by atoms with Gasteiger partial charge >= 0.3 is 5.97 Å². The number of nitro benzene ring substituents is 1. The van der Waals surface area contributed by atoms with E-state index in [1.807, 2.05) is 0 Å². The van der Waals surface area contributed by atoms with Crippen LogP contribution in [-0.2, 0) is 4.74 Å². The lowest BCUT2D eigenvalue weighted by Crippen LogP contribution is -2.03. The molecule has 0 spiro atoms. The summed E-state index contributed by atoms with van der Waals surface area (Å²) in [5.74, 6) is -0.517. The SMILES string of the molecule is COC(=O)c1ccccc1Sc1cc(C)c(C=O)cc1[N+](=O)[O-]. The molecule has 0 amide bonds. The molecular weight excluding hydrogens is 318 g/mol. The molecule has 0 atom stereocenters. The number of esters is 1. The van der Waals surface area contributed by atoms with E-state index in [1.54, 1.807) is 37.3 Å². The fourth-order valence-corrected chi connectivity index (χ4v) is 3.11. The molecule has 0 bridgehead atoms. The van der Waals surface area contributed by atoms with Crippen LogP contribution in [0.4, 0.5) is 5.69 Å². The van der Waals surface area contributed by atoms with E-state index in [4.69, 9.17) is 4.74 Å². The number of aldehydes is 1. The lowest BCUT2D eigenvalue weighted by molar-refractivity contribution is -0.387. The minimum absolute atomic E-state index is 0.178. The van der Waals surface area contributed by atoms with E-state index in [0.717, 1.165) is 11.8 Å². The molecule has 2 aromatic rings. The first-order valence-electron chi connectivity index (χ1n) is 6.57. The molecule has 23 heavy (non-hydrogen) atoms. The summed E-state index contributed by atoms with van der Waals surface area (Å²) >= 11 is 1.09. The maximum absolute atomic E-state index is 11.8. The van der Waals surface area contributed by atoms with Gasteiger partial charge in [-0.05, 0) is 30.7 Å². The van der Waals surface area contributed by atoms with Crippen molar-refractivity contribution in [1.82, 2.24) is 0 Å². The molecule has 0 aromatic heterocycles. The lowest BCUT2D eigenvalue weighted by atomic mass is 10.1. The van der Waals surface area contributed by atoms with Gasteiger partial charge in [-0.2, -0.15) is 0 Å². The first-order chi connectivity index (χ1) is 11.0. The van der Waals surface area contributed by atoms with E-state index >= 15 is 0 Å². The molecule has 0 fully saturated rings. The van der Waals surface area contributed by atoms with Crippen molar-refractivity contribution in [2.75, 3.05) is 7.11 Å². The van der Waals surface area contributed by atoms with Crippen molar-refractivity contribution in [3.05, 3.63) is 63.2 Å². The number of rotatable bonds is 5. The zero-order valence-corrected chi connectivity index (χ0v) is 13.3. The van der Waals surface area contributed by atoms with Crippen molar-refractivity contribution in [3.63, 3.8) is 0 Å². The van der Waals surface area contributed by atoms with Gasteiger partial charge in [0.05, 0.1) is 22.5 Å². The second-order valence-electron chi connectivity index (χ2n) is 4.64. The monoisotopic (exact) mass is 331 g/mol. The summed E-state index contributed by atoms with van der Waals surface area (Å²) in [4.78, 5) is 34.4. The van der Waals surface area contributed by atoms with E-state index in [1.165, 1.54) is 13.2 Å². The number of nitro groups is 1. The van der Waals surface area contributed by atoms with Crippen molar-refractivity contribution >= 4 is 29.7 Å². The maximum Gasteiger partial charge on any atom is 0.339 e. The van der Waals surface area contributed by atoms with Crippen molar-refractivity contribution < 1.29 is 19.2 Å². The quantitative estimate of drug-likeness (QED) is 0.360. The Labute approximate surface area is 136 Å².